The number of amides is 1. The van der Waals surface area contributed by atoms with E-state index in [9.17, 15) is 4.79 Å². The van der Waals surface area contributed by atoms with Gasteiger partial charge in [0.05, 0.1) is 31.4 Å². The standard InChI is InChI=1S/C21H32N4O3S/c1-16-13-22-21(29-12-8-24-6-10-27-11-7-24)23-19(16)17-3-2-5-25(14-17)20(26)18-4-9-28-15-18/h13,17-18H,2-12,14-15H2,1H3/t17-,18-/m1/s1. The molecule has 0 spiro atoms. The van der Waals surface area contributed by atoms with Crippen LogP contribution in [0.25, 0.3) is 0 Å². The smallest absolute Gasteiger partial charge is 0.228 e. The molecule has 0 radical (unpaired) electrons. The summed E-state index contributed by atoms with van der Waals surface area (Å²) < 4.78 is 10.8. The Morgan fingerprint density at radius 1 is 1.21 bits per heavy atom. The monoisotopic (exact) mass is 420 g/mol. The molecule has 29 heavy (non-hydrogen) atoms. The number of carbonyl (C=O) groups is 1. The largest absolute Gasteiger partial charge is 0.381 e. The predicted octanol–water partition coefficient (Wildman–Crippen LogP) is 1.95. The molecular weight excluding hydrogens is 388 g/mol. The molecule has 2 atom stereocenters. The van der Waals surface area contributed by atoms with Crippen LogP contribution in [-0.4, -0.2) is 90.6 Å². The van der Waals surface area contributed by atoms with Gasteiger partial charge in [0.2, 0.25) is 5.91 Å². The topological polar surface area (TPSA) is 67.8 Å². The number of rotatable bonds is 6. The summed E-state index contributed by atoms with van der Waals surface area (Å²) in [5, 5.41) is 0.853. The van der Waals surface area contributed by atoms with E-state index in [1.165, 1.54) is 0 Å². The van der Waals surface area contributed by atoms with Crippen LogP contribution in [0.5, 0.6) is 0 Å². The van der Waals surface area contributed by atoms with Crippen molar-refractivity contribution in [1.82, 2.24) is 19.8 Å². The molecular formula is C21H32N4O3S. The van der Waals surface area contributed by atoms with Gasteiger partial charge in [0.25, 0.3) is 0 Å². The van der Waals surface area contributed by atoms with Crippen LogP contribution < -0.4 is 0 Å². The van der Waals surface area contributed by atoms with Gasteiger partial charge in [-0.1, -0.05) is 11.8 Å². The van der Waals surface area contributed by atoms with Crippen molar-refractivity contribution >= 4 is 17.7 Å². The number of aromatic nitrogens is 2. The second kappa shape index (κ2) is 10.2. The first-order chi connectivity index (χ1) is 14.2. The fraction of sp³-hybridized carbons (Fsp3) is 0.762. The van der Waals surface area contributed by atoms with Gasteiger partial charge in [-0.25, -0.2) is 9.97 Å². The molecule has 7 nitrogen and oxygen atoms in total. The van der Waals surface area contributed by atoms with Gasteiger partial charge >= 0.3 is 0 Å². The Labute approximate surface area is 177 Å². The summed E-state index contributed by atoms with van der Waals surface area (Å²) >= 11 is 1.73. The summed E-state index contributed by atoms with van der Waals surface area (Å²) in [7, 11) is 0. The van der Waals surface area contributed by atoms with Gasteiger partial charge in [-0.05, 0) is 31.7 Å². The maximum Gasteiger partial charge on any atom is 0.228 e. The van der Waals surface area contributed by atoms with Crippen LogP contribution in [0.15, 0.2) is 11.4 Å². The van der Waals surface area contributed by atoms with E-state index in [1.807, 2.05) is 11.1 Å². The third kappa shape index (κ3) is 5.48. The van der Waals surface area contributed by atoms with Crippen molar-refractivity contribution in [2.24, 2.45) is 5.92 Å². The van der Waals surface area contributed by atoms with Crippen molar-refractivity contribution in [3.05, 3.63) is 17.5 Å². The van der Waals surface area contributed by atoms with Gasteiger partial charge in [0.1, 0.15) is 0 Å². The Morgan fingerprint density at radius 2 is 2.07 bits per heavy atom. The minimum atomic E-state index is 0.0477. The lowest BCUT2D eigenvalue weighted by Crippen LogP contribution is -2.42. The molecule has 4 heterocycles. The molecule has 1 aromatic rings. The number of likely N-dealkylation sites (tertiary alicyclic amines) is 1. The van der Waals surface area contributed by atoms with Crippen LogP contribution in [-0.2, 0) is 14.3 Å². The minimum Gasteiger partial charge on any atom is -0.381 e. The summed E-state index contributed by atoms with van der Waals surface area (Å²) in [6, 6.07) is 0. The molecule has 160 valence electrons. The van der Waals surface area contributed by atoms with Gasteiger partial charge in [0, 0.05) is 57.2 Å². The van der Waals surface area contributed by atoms with Crippen molar-refractivity contribution in [3.8, 4) is 0 Å². The molecule has 0 unspecified atom stereocenters. The second-order valence-electron chi connectivity index (χ2n) is 8.21. The number of nitrogens with zero attached hydrogens (tertiary/aromatic N) is 4. The third-order valence-electron chi connectivity index (χ3n) is 6.13. The van der Waals surface area contributed by atoms with E-state index >= 15 is 0 Å². The number of thioether (sulfide) groups is 1. The number of ether oxygens (including phenoxy) is 2. The third-order valence-corrected chi connectivity index (χ3v) is 6.97. The van der Waals surface area contributed by atoms with E-state index in [-0.39, 0.29) is 11.8 Å². The number of aryl methyl sites for hydroxylation is 1. The molecule has 0 aromatic carbocycles. The molecule has 3 aliphatic rings. The Kier molecular flexibility index (Phi) is 7.39. The van der Waals surface area contributed by atoms with Crippen LogP contribution in [0, 0.1) is 12.8 Å². The van der Waals surface area contributed by atoms with Gasteiger partial charge in [-0.3, -0.25) is 9.69 Å². The quantitative estimate of drug-likeness (QED) is 0.515. The second-order valence-corrected chi connectivity index (χ2v) is 9.27. The van der Waals surface area contributed by atoms with E-state index in [0.717, 1.165) is 87.4 Å². The molecule has 3 saturated heterocycles. The Hall–Kier alpha value is -1.22. The molecule has 1 amide bonds. The van der Waals surface area contributed by atoms with Gasteiger partial charge < -0.3 is 14.4 Å². The average molecular weight is 421 g/mol. The summed E-state index contributed by atoms with van der Waals surface area (Å²) in [5.41, 5.74) is 2.25. The van der Waals surface area contributed by atoms with E-state index < -0.39 is 0 Å². The van der Waals surface area contributed by atoms with Crippen LogP contribution in [0.4, 0.5) is 0 Å². The first-order valence-electron chi connectivity index (χ1n) is 10.8. The zero-order valence-electron chi connectivity index (χ0n) is 17.3. The molecule has 0 N–H and O–H groups in total. The highest BCUT2D eigenvalue weighted by molar-refractivity contribution is 7.99. The molecule has 0 saturated carbocycles. The van der Waals surface area contributed by atoms with E-state index in [0.29, 0.717) is 19.1 Å². The molecule has 4 rings (SSSR count). The SMILES string of the molecule is Cc1cnc(SCCN2CCOCC2)nc1[C@@H]1CCCN(C(=O)[C@@H]2CCOC2)C1. The average Bonchev–Trinajstić information content (AvgIpc) is 3.30. The summed E-state index contributed by atoms with van der Waals surface area (Å²) in [4.78, 5) is 26.8. The Balaban J connectivity index is 1.35. The fourth-order valence-electron chi connectivity index (χ4n) is 4.40. The first kappa shape index (κ1) is 21.0. The highest BCUT2D eigenvalue weighted by Crippen LogP contribution is 2.30. The van der Waals surface area contributed by atoms with Crippen LogP contribution in [0.3, 0.4) is 0 Å². The van der Waals surface area contributed by atoms with Gasteiger partial charge in [-0.15, -0.1) is 0 Å². The zero-order valence-corrected chi connectivity index (χ0v) is 18.2. The number of piperidine rings is 1. The maximum absolute atomic E-state index is 12.8. The van der Waals surface area contributed by atoms with Gasteiger partial charge in [-0.2, -0.15) is 0 Å². The maximum atomic E-state index is 12.8. The number of hydrogen-bond donors (Lipinski definition) is 0. The molecule has 1 aromatic heterocycles. The first-order valence-corrected chi connectivity index (χ1v) is 11.8. The number of hydrogen-bond acceptors (Lipinski definition) is 7. The van der Waals surface area contributed by atoms with E-state index in [4.69, 9.17) is 14.5 Å². The van der Waals surface area contributed by atoms with Crippen molar-refractivity contribution in [2.75, 3.05) is 64.9 Å². The lowest BCUT2D eigenvalue weighted by atomic mass is 9.91. The lowest BCUT2D eigenvalue weighted by Gasteiger charge is -2.34. The summed E-state index contributed by atoms with van der Waals surface area (Å²) in [6.45, 7) is 9.73. The van der Waals surface area contributed by atoms with Crippen LogP contribution in [0.2, 0.25) is 0 Å². The van der Waals surface area contributed by atoms with Crippen molar-refractivity contribution in [1.29, 1.82) is 0 Å². The number of morpholine rings is 1. The zero-order chi connectivity index (χ0) is 20.1. The highest BCUT2D eigenvalue weighted by atomic mass is 32.2. The highest BCUT2D eigenvalue weighted by Gasteiger charge is 2.32. The minimum absolute atomic E-state index is 0.0477. The van der Waals surface area contributed by atoms with Crippen molar-refractivity contribution < 1.29 is 14.3 Å². The van der Waals surface area contributed by atoms with Crippen molar-refractivity contribution in [3.63, 3.8) is 0 Å². The molecule has 8 heteroatoms. The molecule has 0 bridgehead atoms. The van der Waals surface area contributed by atoms with Crippen molar-refractivity contribution in [2.45, 2.75) is 37.3 Å². The van der Waals surface area contributed by atoms with E-state index in [2.05, 4.69) is 16.8 Å². The van der Waals surface area contributed by atoms with Crippen LogP contribution in [0.1, 0.15) is 36.4 Å². The summed E-state index contributed by atoms with van der Waals surface area (Å²) in [6.07, 6.45) is 4.93. The lowest BCUT2D eigenvalue weighted by molar-refractivity contribution is -0.136. The normalized spacial score (nSPS) is 26.0. The van der Waals surface area contributed by atoms with Gasteiger partial charge in [0.15, 0.2) is 5.16 Å². The number of carbonyl (C=O) groups excluding carboxylic acids is 1. The van der Waals surface area contributed by atoms with E-state index in [1.54, 1.807) is 11.8 Å². The molecule has 3 aliphatic heterocycles. The predicted molar refractivity (Wildman–Crippen MR) is 112 cm³/mol. The Morgan fingerprint density at radius 3 is 2.86 bits per heavy atom. The van der Waals surface area contributed by atoms with Crippen LogP contribution >= 0.6 is 11.8 Å². The molecule has 3 fully saturated rings. The summed E-state index contributed by atoms with van der Waals surface area (Å²) in [5.74, 6) is 1.60. The fourth-order valence-corrected chi connectivity index (χ4v) is 5.22. The molecule has 0 aliphatic carbocycles. The Bertz CT molecular complexity index is 693.